The van der Waals surface area contributed by atoms with Crippen molar-refractivity contribution < 1.29 is 18.0 Å². The van der Waals surface area contributed by atoms with E-state index < -0.39 is 17.6 Å². The lowest BCUT2D eigenvalue weighted by molar-refractivity contribution is -0.137. The first-order valence-electron chi connectivity index (χ1n) is 7.62. The third-order valence-electron chi connectivity index (χ3n) is 3.66. The van der Waals surface area contributed by atoms with Gasteiger partial charge >= 0.3 is 6.18 Å². The van der Waals surface area contributed by atoms with Crippen LogP contribution in [-0.4, -0.2) is 20.7 Å². The Labute approximate surface area is 161 Å². The van der Waals surface area contributed by atoms with Gasteiger partial charge in [0.2, 0.25) is 5.91 Å². The summed E-state index contributed by atoms with van der Waals surface area (Å²) in [4.78, 5) is 12.3. The molecular formula is C17H12ClF3N4OS. The smallest absolute Gasteiger partial charge is 0.325 e. The molecule has 3 rings (SSSR count). The van der Waals surface area contributed by atoms with Crippen molar-refractivity contribution in [2.45, 2.75) is 12.7 Å². The second-order valence-electron chi connectivity index (χ2n) is 5.57. The number of alkyl halides is 3. The normalized spacial score (nSPS) is 11.4. The molecule has 0 spiro atoms. The van der Waals surface area contributed by atoms with Crippen molar-refractivity contribution in [2.75, 3.05) is 5.32 Å². The van der Waals surface area contributed by atoms with E-state index in [1.54, 1.807) is 24.3 Å². The second-order valence-corrected chi connectivity index (χ2v) is 6.39. The number of rotatable bonds is 4. The van der Waals surface area contributed by atoms with E-state index in [9.17, 15) is 18.0 Å². The highest BCUT2D eigenvalue weighted by atomic mass is 35.5. The molecule has 0 fully saturated rings. The summed E-state index contributed by atoms with van der Waals surface area (Å²) in [5.41, 5.74) is 0.160. The van der Waals surface area contributed by atoms with E-state index in [4.69, 9.17) is 23.8 Å². The Bertz CT molecular complexity index is 1010. The van der Waals surface area contributed by atoms with Gasteiger partial charge < -0.3 is 5.32 Å². The van der Waals surface area contributed by atoms with Crippen LogP contribution in [0, 0.1) is 4.77 Å². The summed E-state index contributed by atoms with van der Waals surface area (Å²) in [6.07, 6.45) is -4.43. The molecule has 0 aliphatic rings. The Morgan fingerprint density at radius 3 is 2.37 bits per heavy atom. The van der Waals surface area contributed by atoms with Gasteiger partial charge in [0.25, 0.3) is 0 Å². The van der Waals surface area contributed by atoms with Crippen molar-refractivity contribution in [1.82, 2.24) is 14.8 Å². The van der Waals surface area contributed by atoms with Crippen molar-refractivity contribution in [3.8, 4) is 11.4 Å². The number of carbonyl (C=O) groups is 1. The molecule has 2 aromatic carbocycles. The molecular weight excluding hydrogens is 401 g/mol. The van der Waals surface area contributed by atoms with Crippen LogP contribution in [0.4, 0.5) is 18.9 Å². The molecule has 3 aromatic rings. The van der Waals surface area contributed by atoms with E-state index in [1.165, 1.54) is 16.7 Å². The van der Waals surface area contributed by atoms with Crippen molar-refractivity contribution in [3.05, 3.63) is 63.9 Å². The molecule has 0 saturated heterocycles. The van der Waals surface area contributed by atoms with Gasteiger partial charge in [-0.2, -0.15) is 18.3 Å². The van der Waals surface area contributed by atoms with Crippen LogP contribution in [0.15, 0.2) is 48.5 Å². The Hall–Kier alpha value is -2.65. The van der Waals surface area contributed by atoms with Gasteiger partial charge in [-0.05, 0) is 60.7 Å². The van der Waals surface area contributed by atoms with E-state index in [-0.39, 0.29) is 17.0 Å². The zero-order chi connectivity index (χ0) is 19.6. The number of nitrogens with one attached hydrogen (secondary N) is 2. The van der Waals surface area contributed by atoms with Crippen LogP contribution in [0.1, 0.15) is 5.56 Å². The van der Waals surface area contributed by atoms with Crippen molar-refractivity contribution >= 4 is 35.4 Å². The van der Waals surface area contributed by atoms with Crippen LogP contribution < -0.4 is 5.32 Å². The monoisotopic (exact) mass is 412 g/mol. The standard InChI is InChI=1S/C17H12ClF3N4OS/c18-12-5-1-10(2-6-12)15-23-24-16(27)25(15)9-14(26)22-13-7-3-11(4-8-13)17(19,20)21/h1-8H,9H2,(H,22,26)(H,24,27). The van der Waals surface area contributed by atoms with E-state index >= 15 is 0 Å². The quantitative estimate of drug-likeness (QED) is 0.598. The van der Waals surface area contributed by atoms with Gasteiger partial charge in [-0.1, -0.05) is 11.6 Å². The molecule has 0 bridgehead atoms. The van der Waals surface area contributed by atoms with Gasteiger partial charge in [-0.25, -0.2) is 0 Å². The predicted molar refractivity (Wildman–Crippen MR) is 97.9 cm³/mol. The fourth-order valence-electron chi connectivity index (χ4n) is 2.37. The lowest BCUT2D eigenvalue weighted by atomic mass is 10.2. The Balaban J connectivity index is 1.76. The van der Waals surface area contributed by atoms with Gasteiger partial charge in [0, 0.05) is 16.3 Å². The fraction of sp³-hybridized carbons (Fsp3) is 0.118. The maximum absolute atomic E-state index is 12.6. The molecule has 27 heavy (non-hydrogen) atoms. The number of aromatic amines is 1. The molecule has 1 amide bonds. The Kier molecular flexibility index (Phi) is 5.33. The third kappa shape index (κ3) is 4.55. The largest absolute Gasteiger partial charge is 0.416 e. The SMILES string of the molecule is O=C(Cn1c(-c2ccc(Cl)cc2)n[nH]c1=S)Nc1ccc(C(F)(F)F)cc1. The van der Waals surface area contributed by atoms with Crippen LogP contribution in [0.5, 0.6) is 0 Å². The Morgan fingerprint density at radius 1 is 1.15 bits per heavy atom. The molecule has 2 N–H and O–H groups in total. The average Bonchev–Trinajstić information content (AvgIpc) is 2.96. The Morgan fingerprint density at radius 2 is 1.78 bits per heavy atom. The predicted octanol–water partition coefficient (Wildman–Crippen LogP) is 4.92. The van der Waals surface area contributed by atoms with Crippen molar-refractivity contribution in [3.63, 3.8) is 0 Å². The summed E-state index contributed by atoms with van der Waals surface area (Å²) >= 11 is 11.0. The molecule has 140 valence electrons. The van der Waals surface area contributed by atoms with Crippen LogP contribution in [0.25, 0.3) is 11.4 Å². The number of carbonyl (C=O) groups excluding carboxylic acids is 1. The van der Waals surface area contributed by atoms with Crippen LogP contribution in [-0.2, 0) is 17.5 Å². The number of amides is 1. The van der Waals surface area contributed by atoms with Gasteiger partial charge in [0.1, 0.15) is 6.54 Å². The molecule has 1 aromatic heterocycles. The first-order valence-corrected chi connectivity index (χ1v) is 8.41. The number of anilines is 1. The first kappa shape index (κ1) is 19.1. The lowest BCUT2D eigenvalue weighted by Gasteiger charge is -2.10. The molecule has 10 heteroatoms. The number of halogens is 4. The molecule has 0 atom stereocenters. The molecule has 0 aliphatic heterocycles. The van der Waals surface area contributed by atoms with E-state index in [0.717, 1.165) is 12.1 Å². The second kappa shape index (κ2) is 7.53. The minimum atomic E-state index is -4.43. The number of H-pyrrole nitrogens is 1. The van der Waals surface area contributed by atoms with Crippen LogP contribution >= 0.6 is 23.8 Å². The van der Waals surface area contributed by atoms with E-state index in [1.807, 2.05) is 0 Å². The van der Waals surface area contributed by atoms with Gasteiger partial charge in [-0.15, -0.1) is 0 Å². The van der Waals surface area contributed by atoms with Crippen molar-refractivity contribution in [2.24, 2.45) is 0 Å². The maximum Gasteiger partial charge on any atom is 0.416 e. The van der Waals surface area contributed by atoms with E-state index in [0.29, 0.717) is 16.4 Å². The highest BCUT2D eigenvalue weighted by Gasteiger charge is 2.30. The lowest BCUT2D eigenvalue weighted by Crippen LogP contribution is -2.19. The first-order chi connectivity index (χ1) is 12.7. The molecule has 0 radical (unpaired) electrons. The van der Waals surface area contributed by atoms with Gasteiger partial charge in [-0.3, -0.25) is 14.5 Å². The van der Waals surface area contributed by atoms with Crippen LogP contribution in [0.2, 0.25) is 5.02 Å². The number of benzene rings is 2. The molecule has 0 saturated carbocycles. The van der Waals surface area contributed by atoms with Crippen LogP contribution in [0.3, 0.4) is 0 Å². The summed E-state index contributed by atoms with van der Waals surface area (Å²) in [6, 6.07) is 11.0. The molecule has 1 heterocycles. The maximum atomic E-state index is 12.6. The van der Waals surface area contributed by atoms with E-state index in [2.05, 4.69) is 15.5 Å². The average molecular weight is 413 g/mol. The molecule has 0 unspecified atom stereocenters. The number of aromatic nitrogens is 3. The highest BCUT2D eigenvalue weighted by Crippen LogP contribution is 2.29. The number of nitrogens with zero attached hydrogens (tertiary/aromatic N) is 2. The summed E-state index contributed by atoms with van der Waals surface area (Å²) in [6.45, 7) is -0.158. The zero-order valence-electron chi connectivity index (χ0n) is 13.5. The zero-order valence-corrected chi connectivity index (χ0v) is 15.1. The summed E-state index contributed by atoms with van der Waals surface area (Å²) in [5, 5.41) is 9.83. The molecule has 0 aliphatic carbocycles. The number of hydrogen-bond donors (Lipinski definition) is 2. The summed E-state index contributed by atoms with van der Waals surface area (Å²) in [7, 11) is 0. The number of hydrogen-bond acceptors (Lipinski definition) is 3. The fourth-order valence-corrected chi connectivity index (χ4v) is 2.69. The van der Waals surface area contributed by atoms with Gasteiger partial charge in [0.05, 0.1) is 5.56 Å². The van der Waals surface area contributed by atoms with Gasteiger partial charge in [0.15, 0.2) is 10.6 Å². The summed E-state index contributed by atoms with van der Waals surface area (Å²) in [5.74, 6) is -0.0123. The molecule has 5 nitrogen and oxygen atoms in total. The third-order valence-corrected chi connectivity index (χ3v) is 4.22. The van der Waals surface area contributed by atoms with Crippen molar-refractivity contribution in [1.29, 1.82) is 0 Å². The minimum absolute atomic E-state index is 0.158. The topological polar surface area (TPSA) is 62.7 Å². The highest BCUT2D eigenvalue weighted by molar-refractivity contribution is 7.71. The summed E-state index contributed by atoms with van der Waals surface area (Å²) < 4.78 is 39.5. The minimum Gasteiger partial charge on any atom is -0.325 e.